The van der Waals surface area contributed by atoms with Crippen LogP contribution in [0.2, 0.25) is 0 Å². The van der Waals surface area contributed by atoms with Crippen LogP contribution in [-0.4, -0.2) is 32.2 Å². The molecule has 20 heavy (non-hydrogen) atoms. The minimum atomic E-state index is -1.00. The molecule has 104 valence electrons. The highest BCUT2D eigenvalue weighted by Gasteiger charge is 2.11. The molecule has 6 heteroatoms. The van der Waals surface area contributed by atoms with Crippen molar-refractivity contribution < 1.29 is 9.90 Å². The summed E-state index contributed by atoms with van der Waals surface area (Å²) in [6, 6.07) is 4.17. The first-order valence-electron chi connectivity index (χ1n) is 6.70. The summed E-state index contributed by atoms with van der Waals surface area (Å²) >= 11 is 0. The van der Waals surface area contributed by atoms with E-state index >= 15 is 0 Å². The molecule has 6 nitrogen and oxygen atoms in total. The molecule has 0 bridgehead atoms. The van der Waals surface area contributed by atoms with E-state index in [1.807, 2.05) is 6.07 Å². The summed E-state index contributed by atoms with van der Waals surface area (Å²) in [6.45, 7) is 1.65. The third-order valence-corrected chi connectivity index (χ3v) is 3.43. The maximum Gasteiger partial charge on any atom is 0.356 e. The predicted octanol–water partition coefficient (Wildman–Crippen LogP) is 1.58. The SMILES string of the molecule is O=C(O)c1cn(CCc2ccc3c(n2)NCCC3)cn1. The number of pyridine rings is 1. The van der Waals surface area contributed by atoms with Crippen LogP contribution in [0.1, 0.15) is 28.2 Å². The Kier molecular flexibility index (Phi) is 3.37. The van der Waals surface area contributed by atoms with Crippen molar-refractivity contribution in [1.82, 2.24) is 14.5 Å². The number of aryl methyl sites for hydroxylation is 3. The number of hydrogen-bond donors (Lipinski definition) is 2. The number of nitrogens with one attached hydrogen (secondary N) is 1. The number of imidazole rings is 1. The first-order valence-corrected chi connectivity index (χ1v) is 6.70. The molecule has 2 aromatic rings. The molecule has 0 aromatic carbocycles. The highest BCUT2D eigenvalue weighted by atomic mass is 16.4. The van der Waals surface area contributed by atoms with Crippen molar-refractivity contribution in [2.45, 2.75) is 25.8 Å². The zero-order valence-corrected chi connectivity index (χ0v) is 11.0. The van der Waals surface area contributed by atoms with Crippen molar-refractivity contribution in [2.24, 2.45) is 0 Å². The lowest BCUT2D eigenvalue weighted by molar-refractivity contribution is 0.0691. The summed E-state index contributed by atoms with van der Waals surface area (Å²) in [5.74, 6) is -0.00883. The van der Waals surface area contributed by atoms with Gasteiger partial charge in [-0.15, -0.1) is 0 Å². The van der Waals surface area contributed by atoms with Crippen molar-refractivity contribution >= 4 is 11.8 Å². The minimum Gasteiger partial charge on any atom is -0.476 e. The molecule has 3 heterocycles. The van der Waals surface area contributed by atoms with Crippen LogP contribution in [0.4, 0.5) is 5.82 Å². The maximum atomic E-state index is 10.8. The number of hydrogen-bond acceptors (Lipinski definition) is 4. The first-order chi connectivity index (χ1) is 9.72. The standard InChI is InChI=1S/C14H16N4O2/c19-14(20)12-8-18(9-16-12)7-5-11-4-3-10-2-1-6-15-13(10)17-11/h3-4,8-9H,1-2,5-7H2,(H,15,17)(H,19,20). The second-order valence-corrected chi connectivity index (χ2v) is 4.89. The number of anilines is 1. The van der Waals surface area contributed by atoms with E-state index in [1.54, 1.807) is 17.1 Å². The molecule has 0 radical (unpaired) electrons. The molecule has 3 rings (SSSR count). The Morgan fingerprint density at radius 3 is 3.15 bits per heavy atom. The van der Waals surface area contributed by atoms with Gasteiger partial charge in [0.1, 0.15) is 5.82 Å². The highest BCUT2D eigenvalue weighted by molar-refractivity contribution is 5.84. The summed E-state index contributed by atoms with van der Waals surface area (Å²) in [7, 11) is 0. The fourth-order valence-electron chi connectivity index (χ4n) is 2.34. The summed E-state index contributed by atoms with van der Waals surface area (Å²) < 4.78 is 1.78. The lowest BCUT2D eigenvalue weighted by Crippen LogP contribution is -2.14. The largest absolute Gasteiger partial charge is 0.476 e. The van der Waals surface area contributed by atoms with Crippen LogP contribution in [0.25, 0.3) is 0 Å². The number of carboxylic acids is 1. The third-order valence-electron chi connectivity index (χ3n) is 3.43. The molecule has 2 N–H and O–H groups in total. The Hall–Kier alpha value is -2.37. The van der Waals surface area contributed by atoms with E-state index in [4.69, 9.17) is 5.11 Å². The van der Waals surface area contributed by atoms with Crippen LogP contribution in [-0.2, 0) is 19.4 Å². The number of aromatic nitrogens is 3. The second kappa shape index (κ2) is 5.32. The molecule has 0 saturated carbocycles. The maximum absolute atomic E-state index is 10.8. The smallest absolute Gasteiger partial charge is 0.356 e. The van der Waals surface area contributed by atoms with Gasteiger partial charge in [-0.25, -0.2) is 14.8 Å². The Morgan fingerprint density at radius 2 is 2.35 bits per heavy atom. The Morgan fingerprint density at radius 1 is 1.45 bits per heavy atom. The molecular weight excluding hydrogens is 256 g/mol. The Bertz CT molecular complexity index is 636. The zero-order chi connectivity index (χ0) is 13.9. The Labute approximate surface area is 116 Å². The van der Waals surface area contributed by atoms with Crippen LogP contribution < -0.4 is 5.32 Å². The van der Waals surface area contributed by atoms with Gasteiger partial charge in [0.25, 0.3) is 0 Å². The van der Waals surface area contributed by atoms with E-state index in [-0.39, 0.29) is 5.69 Å². The van der Waals surface area contributed by atoms with Crippen LogP contribution in [0.15, 0.2) is 24.7 Å². The molecule has 0 saturated heterocycles. The summed E-state index contributed by atoms with van der Waals surface area (Å²) in [5.41, 5.74) is 2.35. The molecule has 2 aromatic heterocycles. The van der Waals surface area contributed by atoms with Gasteiger partial charge in [-0.1, -0.05) is 6.07 Å². The quantitative estimate of drug-likeness (QED) is 0.883. The van der Waals surface area contributed by atoms with Crippen molar-refractivity contribution in [3.8, 4) is 0 Å². The third kappa shape index (κ3) is 2.64. The second-order valence-electron chi connectivity index (χ2n) is 4.89. The average Bonchev–Trinajstić information content (AvgIpc) is 2.94. The van der Waals surface area contributed by atoms with Crippen LogP contribution >= 0.6 is 0 Å². The normalized spacial score (nSPS) is 13.6. The molecule has 0 atom stereocenters. The lowest BCUT2D eigenvalue weighted by atomic mass is 10.1. The number of aromatic carboxylic acids is 1. The number of carbonyl (C=O) groups is 1. The molecule has 0 amide bonds. The molecular formula is C14H16N4O2. The monoisotopic (exact) mass is 272 g/mol. The number of rotatable bonds is 4. The number of nitrogens with zero attached hydrogens (tertiary/aromatic N) is 3. The van der Waals surface area contributed by atoms with E-state index in [0.29, 0.717) is 6.54 Å². The Balaban J connectivity index is 1.67. The van der Waals surface area contributed by atoms with Crippen molar-refractivity contribution in [3.05, 3.63) is 41.6 Å². The van der Waals surface area contributed by atoms with Gasteiger partial charge in [-0.3, -0.25) is 0 Å². The predicted molar refractivity (Wildman–Crippen MR) is 73.9 cm³/mol. The van der Waals surface area contributed by atoms with E-state index in [0.717, 1.165) is 37.3 Å². The van der Waals surface area contributed by atoms with Crippen LogP contribution in [0.5, 0.6) is 0 Å². The van der Waals surface area contributed by atoms with E-state index in [9.17, 15) is 4.79 Å². The van der Waals surface area contributed by atoms with Gasteiger partial charge in [0.15, 0.2) is 5.69 Å². The fourth-order valence-corrected chi connectivity index (χ4v) is 2.34. The van der Waals surface area contributed by atoms with Gasteiger partial charge in [0, 0.05) is 31.4 Å². The van der Waals surface area contributed by atoms with Gasteiger partial charge in [-0.2, -0.15) is 0 Å². The van der Waals surface area contributed by atoms with E-state index < -0.39 is 5.97 Å². The topological polar surface area (TPSA) is 80.0 Å². The van der Waals surface area contributed by atoms with Crippen molar-refractivity contribution in [3.63, 3.8) is 0 Å². The van der Waals surface area contributed by atoms with Crippen molar-refractivity contribution in [1.29, 1.82) is 0 Å². The van der Waals surface area contributed by atoms with Gasteiger partial charge in [0.2, 0.25) is 0 Å². The zero-order valence-electron chi connectivity index (χ0n) is 11.0. The van der Waals surface area contributed by atoms with Gasteiger partial charge >= 0.3 is 5.97 Å². The van der Waals surface area contributed by atoms with Crippen LogP contribution in [0, 0.1) is 0 Å². The fraction of sp³-hybridized carbons (Fsp3) is 0.357. The van der Waals surface area contributed by atoms with E-state index in [2.05, 4.69) is 21.4 Å². The van der Waals surface area contributed by atoms with Crippen LogP contribution in [0.3, 0.4) is 0 Å². The lowest BCUT2D eigenvalue weighted by Gasteiger charge is -2.17. The molecule has 1 aliphatic rings. The molecule has 0 fully saturated rings. The van der Waals surface area contributed by atoms with Gasteiger partial charge < -0.3 is 15.0 Å². The summed E-state index contributed by atoms with van der Waals surface area (Å²) in [6.07, 6.45) is 6.07. The molecule has 0 aliphatic carbocycles. The number of fused-ring (bicyclic) bond motifs is 1. The number of carboxylic acid groups (broad SMARTS) is 1. The van der Waals surface area contributed by atoms with Gasteiger partial charge in [0.05, 0.1) is 6.33 Å². The van der Waals surface area contributed by atoms with E-state index in [1.165, 1.54) is 5.56 Å². The average molecular weight is 272 g/mol. The van der Waals surface area contributed by atoms with Gasteiger partial charge in [-0.05, 0) is 24.5 Å². The highest BCUT2D eigenvalue weighted by Crippen LogP contribution is 2.19. The molecule has 0 unspecified atom stereocenters. The molecule has 0 spiro atoms. The first kappa shape index (κ1) is 12.7. The minimum absolute atomic E-state index is 0.0741. The molecule has 1 aliphatic heterocycles. The van der Waals surface area contributed by atoms with Crippen molar-refractivity contribution in [2.75, 3.05) is 11.9 Å². The summed E-state index contributed by atoms with van der Waals surface area (Å²) in [5, 5.41) is 12.1. The summed E-state index contributed by atoms with van der Waals surface area (Å²) in [4.78, 5) is 19.2.